The molecule has 0 saturated carbocycles. The Kier molecular flexibility index (Phi) is 4.81. The molecule has 0 aromatic heterocycles. The van der Waals surface area contributed by atoms with Crippen molar-refractivity contribution >= 4 is 17.5 Å². The van der Waals surface area contributed by atoms with Crippen molar-refractivity contribution in [3.05, 3.63) is 35.4 Å². The van der Waals surface area contributed by atoms with Crippen molar-refractivity contribution in [2.45, 2.75) is 6.92 Å². The molecule has 0 saturated heterocycles. The zero-order valence-electron chi connectivity index (χ0n) is 9.03. The Morgan fingerprint density at radius 3 is 3.00 bits per heavy atom. The number of carbonyl (C=O) groups excluding carboxylic acids is 1. The number of nitrogens with one attached hydrogen (secondary N) is 1. The van der Waals surface area contributed by atoms with Crippen LogP contribution in [0.4, 0.5) is 0 Å². The number of hydrogen-bond donors (Lipinski definition) is 1. The van der Waals surface area contributed by atoms with Crippen LogP contribution in [-0.4, -0.2) is 18.3 Å². The fraction of sp³-hybridized carbons (Fsp3) is 0.333. The number of alkyl halides is 1. The Morgan fingerprint density at radius 1 is 1.62 bits per heavy atom. The zero-order valence-corrected chi connectivity index (χ0v) is 9.79. The minimum atomic E-state index is -0.172. The van der Waals surface area contributed by atoms with Gasteiger partial charge >= 0.3 is 0 Å². The van der Waals surface area contributed by atoms with E-state index in [1.54, 1.807) is 24.3 Å². The van der Waals surface area contributed by atoms with E-state index in [-0.39, 0.29) is 11.8 Å². The molecule has 0 aliphatic rings. The third-order valence-corrected chi connectivity index (χ3v) is 2.66. The highest BCUT2D eigenvalue weighted by Crippen LogP contribution is 2.04. The SMILES string of the molecule is CC(CCl)CNC(=O)c1cccc(C#N)c1. The van der Waals surface area contributed by atoms with Gasteiger partial charge < -0.3 is 5.32 Å². The maximum Gasteiger partial charge on any atom is 0.251 e. The molecule has 84 valence electrons. The normalized spacial score (nSPS) is 11.6. The molecular formula is C12H13ClN2O. The molecular weight excluding hydrogens is 224 g/mol. The van der Waals surface area contributed by atoms with Crippen LogP contribution >= 0.6 is 11.6 Å². The first-order chi connectivity index (χ1) is 7.67. The molecule has 0 heterocycles. The van der Waals surface area contributed by atoms with E-state index in [0.717, 1.165) is 0 Å². The van der Waals surface area contributed by atoms with Gasteiger partial charge in [-0.1, -0.05) is 13.0 Å². The highest BCUT2D eigenvalue weighted by Gasteiger charge is 2.07. The second-order valence-corrected chi connectivity index (χ2v) is 3.97. The molecule has 0 aliphatic heterocycles. The molecule has 1 aromatic carbocycles. The largest absolute Gasteiger partial charge is 0.352 e. The van der Waals surface area contributed by atoms with Gasteiger partial charge in [0.05, 0.1) is 11.6 Å². The number of carbonyl (C=O) groups is 1. The average molecular weight is 237 g/mol. The van der Waals surface area contributed by atoms with E-state index in [1.165, 1.54) is 0 Å². The average Bonchev–Trinajstić information content (AvgIpc) is 2.35. The highest BCUT2D eigenvalue weighted by atomic mass is 35.5. The van der Waals surface area contributed by atoms with Crippen LogP contribution in [0, 0.1) is 17.2 Å². The number of hydrogen-bond acceptors (Lipinski definition) is 2. The summed E-state index contributed by atoms with van der Waals surface area (Å²) in [5, 5.41) is 11.5. The fourth-order valence-electron chi connectivity index (χ4n) is 1.15. The number of halogens is 1. The lowest BCUT2D eigenvalue weighted by molar-refractivity contribution is 0.0949. The van der Waals surface area contributed by atoms with Crippen LogP contribution in [0.2, 0.25) is 0 Å². The Bertz CT molecular complexity index is 412. The molecule has 1 aromatic rings. The predicted octanol–water partition coefficient (Wildman–Crippen LogP) is 2.16. The Morgan fingerprint density at radius 2 is 2.38 bits per heavy atom. The Balaban J connectivity index is 2.63. The summed E-state index contributed by atoms with van der Waals surface area (Å²) in [6.07, 6.45) is 0. The van der Waals surface area contributed by atoms with Crippen LogP contribution in [0.1, 0.15) is 22.8 Å². The minimum absolute atomic E-state index is 0.172. The topological polar surface area (TPSA) is 52.9 Å². The van der Waals surface area contributed by atoms with Crippen LogP contribution in [-0.2, 0) is 0 Å². The predicted molar refractivity (Wildman–Crippen MR) is 63.4 cm³/mol. The van der Waals surface area contributed by atoms with Crippen molar-refractivity contribution in [2.24, 2.45) is 5.92 Å². The van der Waals surface area contributed by atoms with Gasteiger partial charge in [-0.3, -0.25) is 4.79 Å². The molecule has 4 heteroatoms. The third kappa shape index (κ3) is 3.56. The van der Waals surface area contributed by atoms with Crippen molar-refractivity contribution in [1.82, 2.24) is 5.32 Å². The van der Waals surface area contributed by atoms with E-state index >= 15 is 0 Å². The van der Waals surface area contributed by atoms with E-state index in [4.69, 9.17) is 16.9 Å². The summed E-state index contributed by atoms with van der Waals surface area (Å²) in [5.41, 5.74) is 0.985. The van der Waals surface area contributed by atoms with E-state index in [1.807, 2.05) is 13.0 Å². The molecule has 0 spiro atoms. The second-order valence-electron chi connectivity index (χ2n) is 3.66. The van der Waals surface area contributed by atoms with Crippen molar-refractivity contribution in [2.75, 3.05) is 12.4 Å². The summed E-state index contributed by atoms with van der Waals surface area (Å²) >= 11 is 5.63. The van der Waals surface area contributed by atoms with Crippen molar-refractivity contribution in [3.8, 4) is 6.07 Å². The third-order valence-electron chi connectivity index (χ3n) is 2.13. The number of amides is 1. The van der Waals surface area contributed by atoms with Crippen LogP contribution in [0.3, 0.4) is 0 Å². The molecule has 16 heavy (non-hydrogen) atoms. The van der Waals surface area contributed by atoms with Crippen LogP contribution in [0.5, 0.6) is 0 Å². The summed E-state index contributed by atoms with van der Waals surface area (Å²) in [6, 6.07) is 8.61. The molecule has 1 rings (SSSR count). The van der Waals surface area contributed by atoms with Gasteiger partial charge in [-0.05, 0) is 24.1 Å². The summed E-state index contributed by atoms with van der Waals surface area (Å²) in [7, 11) is 0. The monoisotopic (exact) mass is 236 g/mol. The number of rotatable bonds is 4. The Labute approximate surface area is 100 Å². The van der Waals surface area contributed by atoms with Gasteiger partial charge in [-0.2, -0.15) is 5.26 Å². The fourth-order valence-corrected chi connectivity index (χ4v) is 1.26. The molecule has 0 fully saturated rings. The van der Waals surface area contributed by atoms with E-state index < -0.39 is 0 Å². The molecule has 1 N–H and O–H groups in total. The van der Waals surface area contributed by atoms with Crippen LogP contribution in [0.15, 0.2) is 24.3 Å². The van der Waals surface area contributed by atoms with Crippen molar-refractivity contribution in [1.29, 1.82) is 5.26 Å². The summed E-state index contributed by atoms with van der Waals surface area (Å²) in [4.78, 5) is 11.7. The maximum absolute atomic E-state index is 11.7. The van der Waals surface area contributed by atoms with Gasteiger partial charge in [0.25, 0.3) is 5.91 Å². The first kappa shape index (κ1) is 12.5. The lowest BCUT2D eigenvalue weighted by Crippen LogP contribution is -2.28. The van der Waals surface area contributed by atoms with Gasteiger partial charge in [0.2, 0.25) is 0 Å². The maximum atomic E-state index is 11.7. The van der Waals surface area contributed by atoms with E-state index in [9.17, 15) is 4.79 Å². The molecule has 0 radical (unpaired) electrons. The lowest BCUT2D eigenvalue weighted by Gasteiger charge is -2.09. The zero-order chi connectivity index (χ0) is 12.0. The van der Waals surface area contributed by atoms with Gasteiger partial charge in [-0.15, -0.1) is 11.6 Å². The van der Waals surface area contributed by atoms with Gasteiger partial charge in [0.15, 0.2) is 0 Å². The van der Waals surface area contributed by atoms with Crippen LogP contribution < -0.4 is 5.32 Å². The smallest absolute Gasteiger partial charge is 0.251 e. The van der Waals surface area contributed by atoms with E-state index in [0.29, 0.717) is 23.6 Å². The summed E-state index contributed by atoms with van der Waals surface area (Å²) < 4.78 is 0. The van der Waals surface area contributed by atoms with Gasteiger partial charge in [0.1, 0.15) is 0 Å². The molecule has 0 bridgehead atoms. The van der Waals surface area contributed by atoms with Crippen LogP contribution in [0.25, 0.3) is 0 Å². The summed E-state index contributed by atoms with van der Waals surface area (Å²) in [6.45, 7) is 2.50. The minimum Gasteiger partial charge on any atom is -0.352 e. The van der Waals surface area contributed by atoms with Gasteiger partial charge in [-0.25, -0.2) is 0 Å². The molecule has 0 aliphatic carbocycles. The summed E-state index contributed by atoms with van der Waals surface area (Å²) in [5.74, 6) is 0.581. The standard InChI is InChI=1S/C12H13ClN2O/c1-9(6-13)8-15-12(16)11-4-2-3-10(5-11)7-14/h2-5,9H,6,8H2,1H3,(H,15,16). The van der Waals surface area contributed by atoms with E-state index in [2.05, 4.69) is 5.32 Å². The molecule has 1 amide bonds. The molecule has 1 atom stereocenters. The number of benzene rings is 1. The molecule has 3 nitrogen and oxygen atoms in total. The Hall–Kier alpha value is -1.53. The van der Waals surface area contributed by atoms with Crippen molar-refractivity contribution in [3.63, 3.8) is 0 Å². The highest BCUT2D eigenvalue weighted by molar-refractivity contribution is 6.18. The number of nitrogens with zero attached hydrogens (tertiary/aromatic N) is 1. The quantitative estimate of drug-likeness (QED) is 0.815. The van der Waals surface area contributed by atoms with Gasteiger partial charge in [0, 0.05) is 18.0 Å². The number of nitriles is 1. The lowest BCUT2D eigenvalue weighted by atomic mass is 10.1. The first-order valence-corrected chi connectivity index (χ1v) is 5.55. The van der Waals surface area contributed by atoms with Crippen molar-refractivity contribution < 1.29 is 4.79 Å². The molecule has 1 unspecified atom stereocenters. The first-order valence-electron chi connectivity index (χ1n) is 5.01. The second kappa shape index (κ2) is 6.14.